The van der Waals surface area contributed by atoms with E-state index in [-0.39, 0.29) is 6.61 Å². The standard InChI is InChI=1S/C17H26F3N3O/c1-13(2)23(9-10-24)12-14-5-7-22(8-6-14)16-4-3-15(11-21-16)17(18,19)20/h3-4,11,13-14,24H,5-10,12H2,1-2H3. The lowest BCUT2D eigenvalue weighted by Gasteiger charge is -2.36. The third kappa shape index (κ3) is 5.08. The quantitative estimate of drug-likeness (QED) is 0.860. The van der Waals surface area contributed by atoms with Crippen molar-refractivity contribution in [3.05, 3.63) is 23.9 Å². The van der Waals surface area contributed by atoms with Crippen molar-refractivity contribution in [2.45, 2.75) is 38.9 Å². The fourth-order valence-electron chi connectivity index (χ4n) is 3.11. The molecule has 1 saturated heterocycles. The summed E-state index contributed by atoms with van der Waals surface area (Å²) in [6, 6.07) is 2.94. The van der Waals surface area contributed by atoms with Crippen LogP contribution >= 0.6 is 0 Å². The van der Waals surface area contributed by atoms with E-state index in [0.29, 0.717) is 24.3 Å². The Hall–Kier alpha value is -1.34. The summed E-state index contributed by atoms with van der Waals surface area (Å²) >= 11 is 0. The van der Waals surface area contributed by atoms with Gasteiger partial charge in [-0.1, -0.05) is 0 Å². The summed E-state index contributed by atoms with van der Waals surface area (Å²) in [5.41, 5.74) is -0.710. The summed E-state index contributed by atoms with van der Waals surface area (Å²) in [5.74, 6) is 1.15. The van der Waals surface area contributed by atoms with Crippen molar-refractivity contribution in [3.8, 4) is 0 Å². The van der Waals surface area contributed by atoms with Crippen molar-refractivity contribution >= 4 is 5.82 Å². The van der Waals surface area contributed by atoms with Crippen LogP contribution in [0.25, 0.3) is 0 Å². The summed E-state index contributed by atoms with van der Waals surface area (Å²) in [4.78, 5) is 8.29. The first kappa shape index (κ1) is 19.0. The molecule has 0 aliphatic carbocycles. The zero-order valence-electron chi connectivity index (χ0n) is 14.3. The molecule has 0 atom stereocenters. The molecular formula is C17H26F3N3O. The minimum atomic E-state index is -4.34. The van der Waals surface area contributed by atoms with Crippen LogP contribution in [0.3, 0.4) is 0 Å². The Morgan fingerprint density at radius 2 is 1.96 bits per heavy atom. The number of pyridine rings is 1. The molecule has 0 saturated carbocycles. The summed E-state index contributed by atoms with van der Waals surface area (Å²) in [6.45, 7) is 7.63. The van der Waals surface area contributed by atoms with E-state index in [1.54, 1.807) is 0 Å². The van der Waals surface area contributed by atoms with E-state index in [4.69, 9.17) is 5.11 Å². The van der Waals surface area contributed by atoms with Crippen LogP contribution in [0.2, 0.25) is 0 Å². The van der Waals surface area contributed by atoms with Gasteiger partial charge >= 0.3 is 6.18 Å². The van der Waals surface area contributed by atoms with Crippen molar-refractivity contribution in [3.63, 3.8) is 0 Å². The highest BCUT2D eigenvalue weighted by Crippen LogP contribution is 2.30. The number of aliphatic hydroxyl groups is 1. The predicted octanol–water partition coefficient (Wildman–Crippen LogP) is 3.02. The van der Waals surface area contributed by atoms with Gasteiger partial charge < -0.3 is 10.0 Å². The van der Waals surface area contributed by atoms with E-state index >= 15 is 0 Å². The van der Waals surface area contributed by atoms with E-state index in [2.05, 4.69) is 23.7 Å². The molecule has 0 amide bonds. The highest BCUT2D eigenvalue weighted by atomic mass is 19.4. The van der Waals surface area contributed by atoms with E-state index in [0.717, 1.165) is 44.7 Å². The van der Waals surface area contributed by atoms with Crippen LogP contribution in [0.1, 0.15) is 32.3 Å². The first-order chi connectivity index (χ1) is 11.3. The molecule has 0 bridgehead atoms. The molecule has 4 nitrogen and oxygen atoms in total. The molecule has 0 spiro atoms. The molecule has 1 fully saturated rings. The van der Waals surface area contributed by atoms with Gasteiger partial charge in [-0.3, -0.25) is 4.90 Å². The Labute approximate surface area is 141 Å². The number of aromatic nitrogens is 1. The minimum Gasteiger partial charge on any atom is -0.395 e. The summed E-state index contributed by atoms with van der Waals surface area (Å²) < 4.78 is 37.8. The lowest BCUT2D eigenvalue weighted by atomic mass is 9.95. The number of rotatable bonds is 6. The second kappa shape index (κ2) is 8.16. The fraction of sp³-hybridized carbons (Fsp3) is 0.706. The summed E-state index contributed by atoms with van der Waals surface area (Å²) in [7, 11) is 0. The molecule has 1 aromatic heterocycles. The van der Waals surface area contributed by atoms with E-state index < -0.39 is 11.7 Å². The van der Waals surface area contributed by atoms with Crippen LogP contribution in [-0.2, 0) is 6.18 Å². The number of piperidine rings is 1. The van der Waals surface area contributed by atoms with Crippen molar-refractivity contribution in [2.75, 3.05) is 37.7 Å². The molecule has 24 heavy (non-hydrogen) atoms. The summed E-state index contributed by atoms with van der Waals surface area (Å²) in [6.07, 6.45) is -1.47. The smallest absolute Gasteiger partial charge is 0.395 e. The van der Waals surface area contributed by atoms with Crippen molar-refractivity contribution in [1.29, 1.82) is 0 Å². The molecule has 1 aliphatic heterocycles. The molecule has 0 radical (unpaired) electrons. The predicted molar refractivity (Wildman–Crippen MR) is 88.0 cm³/mol. The van der Waals surface area contributed by atoms with E-state index in [1.165, 1.54) is 6.07 Å². The number of hydrogen-bond acceptors (Lipinski definition) is 4. The molecule has 0 aromatic carbocycles. The zero-order chi connectivity index (χ0) is 17.7. The monoisotopic (exact) mass is 345 g/mol. The third-order valence-electron chi connectivity index (χ3n) is 4.62. The maximum atomic E-state index is 12.6. The van der Waals surface area contributed by atoms with E-state index in [9.17, 15) is 13.2 Å². The Balaban J connectivity index is 1.88. The SMILES string of the molecule is CC(C)N(CCO)CC1CCN(c2ccc(C(F)(F)F)cn2)CC1. The van der Waals surface area contributed by atoms with Crippen molar-refractivity contribution in [2.24, 2.45) is 5.92 Å². The Morgan fingerprint density at radius 3 is 2.42 bits per heavy atom. The molecular weight excluding hydrogens is 319 g/mol. The molecule has 136 valence electrons. The molecule has 1 aliphatic rings. The maximum absolute atomic E-state index is 12.6. The van der Waals surface area contributed by atoms with Gasteiger partial charge in [0, 0.05) is 38.4 Å². The van der Waals surface area contributed by atoms with E-state index in [1.807, 2.05) is 4.90 Å². The molecule has 1 aromatic rings. The zero-order valence-corrected chi connectivity index (χ0v) is 14.3. The van der Waals surface area contributed by atoms with Gasteiger partial charge in [-0.25, -0.2) is 4.98 Å². The Morgan fingerprint density at radius 1 is 1.29 bits per heavy atom. The molecule has 0 unspecified atom stereocenters. The average Bonchev–Trinajstić information content (AvgIpc) is 2.54. The lowest BCUT2D eigenvalue weighted by molar-refractivity contribution is -0.137. The number of halogens is 3. The third-order valence-corrected chi connectivity index (χ3v) is 4.62. The fourth-order valence-corrected chi connectivity index (χ4v) is 3.11. The number of hydrogen-bond donors (Lipinski definition) is 1. The van der Waals surface area contributed by atoms with Gasteiger partial charge in [-0.15, -0.1) is 0 Å². The van der Waals surface area contributed by atoms with Crippen LogP contribution in [0.4, 0.5) is 19.0 Å². The van der Waals surface area contributed by atoms with Gasteiger partial charge in [0.1, 0.15) is 5.82 Å². The highest BCUT2D eigenvalue weighted by molar-refractivity contribution is 5.40. The highest BCUT2D eigenvalue weighted by Gasteiger charge is 2.31. The number of alkyl halides is 3. The van der Waals surface area contributed by atoms with Gasteiger partial charge in [0.2, 0.25) is 0 Å². The van der Waals surface area contributed by atoms with Gasteiger partial charge in [-0.2, -0.15) is 13.2 Å². The first-order valence-electron chi connectivity index (χ1n) is 8.44. The summed E-state index contributed by atoms with van der Waals surface area (Å²) in [5, 5.41) is 9.15. The van der Waals surface area contributed by atoms with Gasteiger partial charge in [0.25, 0.3) is 0 Å². The van der Waals surface area contributed by atoms with Gasteiger partial charge in [0.05, 0.1) is 12.2 Å². The maximum Gasteiger partial charge on any atom is 0.417 e. The molecule has 7 heteroatoms. The number of nitrogens with zero attached hydrogens (tertiary/aromatic N) is 3. The number of aliphatic hydroxyl groups excluding tert-OH is 1. The Bertz CT molecular complexity index is 497. The number of anilines is 1. The lowest BCUT2D eigenvalue weighted by Crippen LogP contribution is -2.42. The van der Waals surface area contributed by atoms with Crippen molar-refractivity contribution in [1.82, 2.24) is 9.88 Å². The normalized spacial score (nSPS) is 17.1. The van der Waals surface area contributed by atoms with Gasteiger partial charge in [0.15, 0.2) is 0 Å². The van der Waals surface area contributed by atoms with Crippen LogP contribution in [0.15, 0.2) is 18.3 Å². The van der Waals surface area contributed by atoms with Crippen LogP contribution < -0.4 is 4.90 Å². The van der Waals surface area contributed by atoms with Crippen LogP contribution in [-0.4, -0.2) is 53.8 Å². The topological polar surface area (TPSA) is 39.6 Å². The molecule has 2 heterocycles. The second-order valence-corrected chi connectivity index (χ2v) is 6.65. The average molecular weight is 345 g/mol. The Kier molecular flexibility index (Phi) is 6.46. The minimum absolute atomic E-state index is 0.159. The van der Waals surface area contributed by atoms with Crippen molar-refractivity contribution < 1.29 is 18.3 Å². The molecule has 2 rings (SSSR count). The van der Waals surface area contributed by atoms with Crippen LogP contribution in [0, 0.1) is 5.92 Å². The second-order valence-electron chi connectivity index (χ2n) is 6.65. The largest absolute Gasteiger partial charge is 0.417 e. The van der Waals surface area contributed by atoms with Crippen LogP contribution in [0.5, 0.6) is 0 Å². The molecule has 1 N–H and O–H groups in total. The van der Waals surface area contributed by atoms with Gasteiger partial charge in [-0.05, 0) is 44.7 Å². The first-order valence-corrected chi connectivity index (χ1v) is 8.44.